The molecule has 122 valence electrons. The summed E-state index contributed by atoms with van der Waals surface area (Å²) in [5.74, 6) is -2.06. The molecule has 0 spiro atoms. The number of nitrogens with two attached hydrogens (primary N) is 1. The van der Waals surface area contributed by atoms with Crippen LogP contribution in [0.4, 0.5) is 4.79 Å². The van der Waals surface area contributed by atoms with Crippen molar-refractivity contribution in [3.8, 4) is 0 Å². The van der Waals surface area contributed by atoms with Crippen LogP contribution in [0.3, 0.4) is 0 Å². The molecule has 10 heteroatoms. The summed E-state index contributed by atoms with van der Waals surface area (Å²) in [5.41, 5.74) is 4.95. The average molecular weight is 323 g/mol. The molecule has 0 saturated carbocycles. The van der Waals surface area contributed by atoms with Gasteiger partial charge in [0.25, 0.3) is 0 Å². The fourth-order valence-corrected chi connectivity index (χ4v) is 2.09. The van der Waals surface area contributed by atoms with E-state index in [0.717, 1.165) is 6.26 Å². The third-order valence-electron chi connectivity index (χ3n) is 2.52. The molecule has 0 aliphatic carbocycles. The van der Waals surface area contributed by atoms with Gasteiger partial charge in [0.15, 0.2) is 0 Å². The van der Waals surface area contributed by atoms with Crippen LogP contribution in [-0.2, 0) is 19.4 Å². The molecular weight excluding hydrogens is 302 g/mol. The molecule has 0 aliphatic heterocycles. The van der Waals surface area contributed by atoms with Gasteiger partial charge in [0.1, 0.15) is 15.9 Å². The van der Waals surface area contributed by atoms with Crippen LogP contribution in [0.2, 0.25) is 0 Å². The zero-order chi connectivity index (χ0) is 16.5. The lowest BCUT2D eigenvalue weighted by Crippen LogP contribution is -2.46. The summed E-state index contributed by atoms with van der Waals surface area (Å²) in [5, 5.41) is 13.5. The number of primary amides is 1. The largest absolute Gasteiger partial charge is 0.480 e. The predicted molar refractivity (Wildman–Crippen MR) is 75.3 cm³/mol. The molecule has 1 unspecified atom stereocenters. The summed E-state index contributed by atoms with van der Waals surface area (Å²) in [7, 11) is -3.30. The maximum Gasteiger partial charge on any atom is 0.326 e. The van der Waals surface area contributed by atoms with Gasteiger partial charge in [0, 0.05) is 19.2 Å². The average Bonchev–Trinajstić information content (AvgIpc) is 2.32. The summed E-state index contributed by atoms with van der Waals surface area (Å²) in [4.78, 5) is 32.8. The summed E-state index contributed by atoms with van der Waals surface area (Å²) in [6, 6.07) is -1.97. The number of rotatable bonds is 10. The quantitative estimate of drug-likeness (QED) is 0.371. The molecule has 0 rings (SSSR count). The molecule has 0 fully saturated rings. The number of hydrogen-bond donors (Lipinski definition) is 4. The molecule has 5 N–H and O–H groups in total. The van der Waals surface area contributed by atoms with Gasteiger partial charge in [-0.3, -0.25) is 4.79 Å². The fraction of sp³-hybridized carbons (Fsp3) is 0.727. The number of carbonyl (C=O) groups excluding carboxylic acids is 2. The van der Waals surface area contributed by atoms with E-state index in [1.165, 1.54) is 0 Å². The van der Waals surface area contributed by atoms with Gasteiger partial charge < -0.3 is 21.5 Å². The smallest absolute Gasteiger partial charge is 0.326 e. The second kappa shape index (κ2) is 9.16. The molecular formula is C11H21N3O6S. The summed E-state index contributed by atoms with van der Waals surface area (Å²) in [6.07, 6.45) is 2.05. The topological polar surface area (TPSA) is 156 Å². The van der Waals surface area contributed by atoms with Crippen molar-refractivity contribution < 1.29 is 27.9 Å². The molecule has 0 bridgehead atoms. The lowest BCUT2D eigenvalue weighted by molar-refractivity contribution is -0.139. The second-order valence-electron chi connectivity index (χ2n) is 4.63. The van der Waals surface area contributed by atoms with Crippen molar-refractivity contribution in [1.82, 2.24) is 10.6 Å². The predicted octanol–water partition coefficient (Wildman–Crippen LogP) is -1.17. The molecule has 0 heterocycles. The highest BCUT2D eigenvalue weighted by Gasteiger charge is 2.21. The molecule has 3 amide bonds. The Kier molecular flexibility index (Phi) is 8.36. The number of carbonyl (C=O) groups is 3. The number of sulfone groups is 1. The summed E-state index contributed by atoms with van der Waals surface area (Å²) >= 11 is 0. The van der Waals surface area contributed by atoms with Crippen molar-refractivity contribution in [3.63, 3.8) is 0 Å². The number of urea groups is 1. The highest BCUT2D eigenvalue weighted by Crippen LogP contribution is 1.97. The Balaban J connectivity index is 4.06. The molecule has 0 aromatic carbocycles. The van der Waals surface area contributed by atoms with Crippen LogP contribution in [0.1, 0.15) is 25.7 Å². The lowest BCUT2D eigenvalue weighted by atomic mass is 10.2. The normalized spacial score (nSPS) is 12.4. The first kappa shape index (κ1) is 19.2. The van der Waals surface area contributed by atoms with E-state index < -0.39 is 33.8 Å². The zero-order valence-electron chi connectivity index (χ0n) is 11.8. The monoisotopic (exact) mass is 323 g/mol. The number of carboxylic acids is 1. The van der Waals surface area contributed by atoms with Gasteiger partial charge >= 0.3 is 12.0 Å². The fourth-order valence-electron chi connectivity index (χ4n) is 1.42. The number of nitrogens with one attached hydrogen (secondary N) is 2. The van der Waals surface area contributed by atoms with Gasteiger partial charge in [-0.1, -0.05) is 0 Å². The van der Waals surface area contributed by atoms with E-state index in [1.807, 2.05) is 0 Å². The van der Waals surface area contributed by atoms with Crippen LogP contribution in [-0.4, -0.2) is 56.0 Å². The number of hydrogen-bond acceptors (Lipinski definition) is 5. The molecule has 0 aliphatic rings. The van der Waals surface area contributed by atoms with E-state index in [1.54, 1.807) is 0 Å². The highest BCUT2D eigenvalue weighted by atomic mass is 32.2. The highest BCUT2D eigenvalue weighted by molar-refractivity contribution is 7.90. The minimum absolute atomic E-state index is 0.205. The lowest BCUT2D eigenvalue weighted by Gasteiger charge is -2.14. The number of unbranched alkanes of at least 4 members (excludes halogenated alkanes) is 1. The number of aliphatic carboxylic acids is 1. The first-order valence-electron chi connectivity index (χ1n) is 6.35. The van der Waals surface area contributed by atoms with Gasteiger partial charge in [-0.25, -0.2) is 18.0 Å². The van der Waals surface area contributed by atoms with E-state index >= 15 is 0 Å². The maximum absolute atomic E-state index is 11.5. The number of carboxylic acid groups (broad SMARTS) is 1. The van der Waals surface area contributed by atoms with E-state index in [2.05, 4.69) is 10.6 Å². The van der Waals surface area contributed by atoms with Crippen molar-refractivity contribution in [3.05, 3.63) is 0 Å². The van der Waals surface area contributed by atoms with Crippen LogP contribution >= 0.6 is 0 Å². The van der Waals surface area contributed by atoms with Gasteiger partial charge in [0.05, 0.1) is 5.75 Å². The standard InChI is InChI=1S/C11H21N3O6S/c1-21(19,20)7-5-8(10(16)17)14-11(18)13-6-3-2-4-9(12)15/h8H,2-7H2,1H3,(H2,12,15)(H,16,17)(H2,13,14,18). The minimum atomic E-state index is -3.30. The van der Waals surface area contributed by atoms with E-state index in [4.69, 9.17) is 10.8 Å². The Hall–Kier alpha value is -1.84. The SMILES string of the molecule is CS(=O)(=O)CCC(NC(=O)NCCCCC(N)=O)C(=O)O. The van der Waals surface area contributed by atoms with Gasteiger partial charge in [-0.2, -0.15) is 0 Å². The van der Waals surface area contributed by atoms with E-state index in [9.17, 15) is 22.8 Å². The Morgan fingerprint density at radius 3 is 2.33 bits per heavy atom. The van der Waals surface area contributed by atoms with Gasteiger partial charge in [-0.15, -0.1) is 0 Å². The van der Waals surface area contributed by atoms with Crippen LogP contribution in [0.25, 0.3) is 0 Å². The second-order valence-corrected chi connectivity index (χ2v) is 6.89. The first-order chi connectivity index (χ1) is 9.61. The summed E-state index contributed by atoms with van der Waals surface area (Å²) in [6.45, 7) is 0.261. The van der Waals surface area contributed by atoms with Crippen molar-refractivity contribution >= 4 is 27.7 Å². The van der Waals surface area contributed by atoms with Crippen molar-refractivity contribution in [1.29, 1.82) is 0 Å². The van der Waals surface area contributed by atoms with Gasteiger partial charge in [-0.05, 0) is 19.3 Å². The van der Waals surface area contributed by atoms with Crippen molar-refractivity contribution in [2.75, 3.05) is 18.6 Å². The van der Waals surface area contributed by atoms with Gasteiger partial charge in [0.2, 0.25) is 5.91 Å². The Morgan fingerprint density at radius 2 is 1.86 bits per heavy atom. The van der Waals surface area contributed by atoms with E-state index in [-0.39, 0.29) is 25.1 Å². The molecule has 0 saturated heterocycles. The van der Waals surface area contributed by atoms with E-state index in [0.29, 0.717) is 12.8 Å². The van der Waals surface area contributed by atoms with Crippen LogP contribution in [0.15, 0.2) is 0 Å². The Bertz CT molecular complexity index is 476. The molecule has 21 heavy (non-hydrogen) atoms. The first-order valence-corrected chi connectivity index (χ1v) is 8.41. The Labute approximate surface area is 123 Å². The van der Waals surface area contributed by atoms with Crippen molar-refractivity contribution in [2.45, 2.75) is 31.7 Å². The summed E-state index contributed by atoms with van der Waals surface area (Å²) < 4.78 is 22.0. The minimum Gasteiger partial charge on any atom is -0.480 e. The Morgan fingerprint density at radius 1 is 1.24 bits per heavy atom. The molecule has 0 aromatic heterocycles. The number of amides is 3. The molecule has 0 aromatic rings. The molecule has 0 radical (unpaired) electrons. The zero-order valence-corrected chi connectivity index (χ0v) is 12.6. The molecule has 1 atom stereocenters. The van der Waals surface area contributed by atoms with Crippen molar-refractivity contribution in [2.24, 2.45) is 5.73 Å². The van der Waals surface area contributed by atoms with Crippen LogP contribution < -0.4 is 16.4 Å². The maximum atomic E-state index is 11.5. The molecule has 9 nitrogen and oxygen atoms in total. The third-order valence-corrected chi connectivity index (χ3v) is 3.49. The van der Waals surface area contributed by atoms with Crippen LogP contribution in [0, 0.1) is 0 Å². The third kappa shape index (κ3) is 11.7. The van der Waals surface area contributed by atoms with Crippen LogP contribution in [0.5, 0.6) is 0 Å².